The molecule has 0 aliphatic carbocycles. The van der Waals surface area contributed by atoms with Crippen LogP contribution in [-0.2, 0) is 0 Å². The van der Waals surface area contributed by atoms with Crippen molar-refractivity contribution in [1.82, 2.24) is 0 Å². The summed E-state index contributed by atoms with van der Waals surface area (Å²) in [7, 11) is 0. The van der Waals surface area contributed by atoms with Crippen molar-refractivity contribution in [2.45, 2.75) is 0 Å². The fraction of sp³-hybridized carbons (Fsp3) is 0. The summed E-state index contributed by atoms with van der Waals surface area (Å²) >= 11 is 1.85. The Morgan fingerprint density at radius 1 is 0.367 bits per heavy atom. The second-order valence-electron chi connectivity index (χ2n) is 12.7. The summed E-state index contributed by atoms with van der Waals surface area (Å²) in [6, 6.07) is 61.5. The first-order valence-electron chi connectivity index (χ1n) is 16.6. The van der Waals surface area contributed by atoms with Crippen LogP contribution in [0.4, 0.5) is 0 Å². The van der Waals surface area contributed by atoms with E-state index < -0.39 is 0 Å². The quantitative estimate of drug-likeness (QED) is 0.177. The number of nitriles is 1. The van der Waals surface area contributed by atoms with E-state index in [1.165, 1.54) is 75.1 Å². The molecular weight excluding hydrogens is 611 g/mol. The van der Waals surface area contributed by atoms with Crippen molar-refractivity contribution in [2.75, 3.05) is 0 Å². The smallest absolute Gasteiger partial charge is 0.100 e. The molecule has 0 aliphatic rings. The molecule has 1 heterocycles. The minimum absolute atomic E-state index is 0.734. The third kappa shape index (κ3) is 4.10. The number of benzene rings is 9. The topological polar surface area (TPSA) is 23.8 Å². The van der Waals surface area contributed by atoms with E-state index in [2.05, 4.69) is 158 Å². The van der Waals surface area contributed by atoms with Crippen molar-refractivity contribution in [2.24, 2.45) is 0 Å². The Labute approximate surface area is 287 Å². The molecule has 226 valence electrons. The van der Waals surface area contributed by atoms with Gasteiger partial charge in [0.2, 0.25) is 0 Å². The first kappa shape index (κ1) is 27.8. The van der Waals surface area contributed by atoms with Gasteiger partial charge in [-0.3, -0.25) is 0 Å². The molecule has 0 bridgehead atoms. The summed E-state index contributed by atoms with van der Waals surface area (Å²) < 4.78 is 2.53. The van der Waals surface area contributed by atoms with Gasteiger partial charge in [0.1, 0.15) is 6.07 Å². The lowest BCUT2D eigenvalue weighted by Crippen LogP contribution is -1.91. The first-order chi connectivity index (χ1) is 24.3. The summed E-state index contributed by atoms with van der Waals surface area (Å²) in [5.74, 6) is 0. The molecule has 1 aromatic heterocycles. The van der Waals surface area contributed by atoms with Crippen LogP contribution < -0.4 is 0 Å². The molecule has 10 aromatic rings. The van der Waals surface area contributed by atoms with E-state index in [0.717, 1.165) is 27.1 Å². The van der Waals surface area contributed by atoms with Gasteiger partial charge in [-0.05, 0) is 83.9 Å². The Morgan fingerprint density at radius 2 is 0.857 bits per heavy atom. The lowest BCUT2D eigenvalue weighted by molar-refractivity contribution is 1.52. The van der Waals surface area contributed by atoms with Gasteiger partial charge in [-0.1, -0.05) is 146 Å². The molecule has 0 saturated heterocycles. The van der Waals surface area contributed by atoms with Crippen LogP contribution in [0.25, 0.3) is 96.6 Å². The highest BCUT2D eigenvalue weighted by Gasteiger charge is 2.21. The van der Waals surface area contributed by atoms with Crippen LogP contribution in [0.15, 0.2) is 164 Å². The molecule has 1 nitrogen and oxygen atoms in total. The predicted molar refractivity (Wildman–Crippen MR) is 210 cm³/mol. The second kappa shape index (κ2) is 10.9. The highest BCUT2D eigenvalue weighted by molar-refractivity contribution is 7.26. The van der Waals surface area contributed by atoms with E-state index in [1.807, 2.05) is 23.5 Å². The van der Waals surface area contributed by atoms with Crippen LogP contribution >= 0.6 is 11.3 Å². The lowest BCUT2D eigenvalue weighted by atomic mass is 9.85. The number of hydrogen-bond donors (Lipinski definition) is 0. The fourth-order valence-corrected chi connectivity index (χ4v) is 9.20. The predicted octanol–water partition coefficient (Wildman–Crippen LogP) is 13.5. The van der Waals surface area contributed by atoms with Crippen molar-refractivity contribution in [3.63, 3.8) is 0 Å². The largest absolute Gasteiger partial charge is 0.192 e. The van der Waals surface area contributed by atoms with Crippen LogP contribution in [0, 0.1) is 11.3 Å². The maximum atomic E-state index is 10.3. The van der Waals surface area contributed by atoms with Crippen LogP contribution in [0.3, 0.4) is 0 Å². The van der Waals surface area contributed by atoms with Crippen molar-refractivity contribution in [3.8, 4) is 39.4 Å². The number of hydrogen-bond acceptors (Lipinski definition) is 2. The molecule has 0 atom stereocenters. The Hall–Kier alpha value is -6.27. The number of rotatable bonds is 3. The molecular formula is C47H27NS. The molecule has 0 amide bonds. The zero-order valence-electron chi connectivity index (χ0n) is 26.4. The number of thiophene rings is 1. The number of fused-ring (bicyclic) bond motifs is 7. The Kier molecular flexibility index (Phi) is 6.18. The van der Waals surface area contributed by atoms with Crippen LogP contribution in [0.2, 0.25) is 0 Å². The maximum absolute atomic E-state index is 10.3. The minimum Gasteiger partial charge on any atom is -0.192 e. The third-order valence-corrected chi connectivity index (χ3v) is 11.2. The minimum atomic E-state index is 0.734. The standard InChI is InChI=1S/C47H27NS/c48-28-41-31-15-4-6-17-33(31)46(34-18-7-5-16-32(34)41)39-23-12-24-43-47(39)40-27-30(25-26-42(40)49-43)45-37-21-10-8-19-35(37)44(29-13-2-1-3-14-29)36-20-9-11-22-38(36)45/h1-27H. The number of nitrogens with zero attached hydrogens (tertiary/aromatic N) is 1. The van der Waals surface area contributed by atoms with Crippen LogP contribution in [-0.4, -0.2) is 0 Å². The summed E-state index contributed by atoms with van der Waals surface area (Å²) in [5.41, 5.74) is 8.10. The van der Waals surface area contributed by atoms with Crippen molar-refractivity contribution >= 4 is 74.6 Å². The molecule has 0 saturated carbocycles. The summed E-state index contributed by atoms with van der Waals surface area (Å²) in [6.07, 6.45) is 0. The van der Waals surface area contributed by atoms with Gasteiger partial charge in [0.15, 0.2) is 0 Å². The SMILES string of the molecule is N#Cc1c2ccccc2c(-c2cccc3sc4ccc(-c5c6ccccc6c(-c6ccccc6)c6ccccc56)cc4c23)c2ccccc12. The van der Waals surface area contributed by atoms with Gasteiger partial charge in [0, 0.05) is 30.9 Å². The van der Waals surface area contributed by atoms with Crippen molar-refractivity contribution in [3.05, 3.63) is 169 Å². The molecule has 10 rings (SSSR count). The van der Waals surface area contributed by atoms with Crippen molar-refractivity contribution < 1.29 is 0 Å². The van der Waals surface area contributed by atoms with Gasteiger partial charge >= 0.3 is 0 Å². The summed E-state index contributed by atoms with van der Waals surface area (Å²) in [6.45, 7) is 0. The van der Waals surface area contributed by atoms with Crippen LogP contribution in [0.5, 0.6) is 0 Å². The van der Waals surface area contributed by atoms with Gasteiger partial charge in [-0.25, -0.2) is 0 Å². The summed E-state index contributed by atoms with van der Waals surface area (Å²) in [5, 5.41) is 22.0. The second-order valence-corrected chi connectivity index (χ2v) is 13.7. The van der Waals surface area contributed by atoms with E-state index in [1.54, 1.807) is 0 Å². The normalized spacial score (nSPS) is 11.7. The first-order valence-corrected chi connectivity index (χ1v) is 17.4. The highest BCUT2D eigenvalue weighted by atomic mass is 32.1. The van der Waals surface area contributed by atoms with Crippen LogP contribution in [0.1, 0.15) is 5.56 Å². The van der Waals surface area contributed by atoms with Crippen molar-refractivity contribution in [1.29, 1.82) is 5.26 Å². The van der Waals surface area contributed by atoms with E-state index in [0.29, 0.717) is 0 Å². The molecule has 0 spiro atoms. The van der Waals surface area contributed by atoms with E-state index in [9.17, 15) is 5.26 Å². The lowest BCUT2D eigenvalue weighted by Gasteiger charge is -2.18. The average Bonchev–Trinajstić information content (AvgIpc) is 3.54. The Balaban J connectivity index is 1.31. The maximum Gasteiger partial charge on any atom is 0.100 e. The molecule has 0 fully saturated rings. The fourth-order valence-electron chi connectivity index (χ4n) is 8.08. The third-order valence-electron chi connectivity index (χ3n) is 10.1. The zero-order chi connectivity index (χ0) is 32.5. The zero-order valence-corrected chi connectivity index (χ0v) is 27.3. The molecule has 0 aliphatic heterocycles. The molecule has 9 aromatic carbocycles. The molecule has 0 radical (unpaired) electrons. The molecule has 2 heteroatoms. The van der Waals surface area contributed by atoms with E-state index >= 15 is 0 Å². The molecule has 0 unspecified atom stereocenters. The average molecular weight is 638 g/mol. The van der Waals surface area contributed by atoms with E-state index in [4.69, 9.17) is 0 Å². The summed E-state index contributed by atoms with van der Waals surface area (Å²) in [4.78, 5) is 0. The van der Waals surface area contributed by atoms with Gasteiger partial charge in [0.25, 0.3) is 0 Å². The monoisotopic (exact) mass is 637 g/mol. The Bertz CT molecular complexity index is 2880. The van der Waals surface area contributed by atoms with Gasteiger partial charge in [-0.2, -0.15) is 5.26 Å². The Morgan fingerprint density at radius 3 is 1.41 bits per heavy atom. The van der Waals surface area contributed by atoms with Gasteiger partial charge in [0.05, 0.1) is 5.56 Å². The molecule has 0 N–H and O–H groups in total. The van der Waals surface area contributed by atoms with Gasteiger partial charge < -0.3 is 0 Å². The molecule has 49 heavy (non-hydrogen) atoms. The van der Waals surface area contributed by atoms with Gasteiger partial charge in [-0.15, -0.1) is 11.3 Å². The van der Waals surface area contributed by atoms with E-state index in [-0.39, 0.29) is 0 Å². The highest BCUT2D eigenvalue weighted by Crippen LogP contribution is 2.48.